The molecule has 1 aromatic rings. The van der Waals surface area contributed by atoms with Gasteiger partial charge in [0, 0.05) is 31.2 Å². The molecule has 1 N–H and O–H groups in total. The van der Waals surface area contributed by atoms with E-state index in [2.05, 4.69) is 22.8 Å². The predicted molar refractivity (Wildman–Crippen MR) is 86.7 cm³/mol. The zero-order chi connectivity index (χ0) is 14.9. The van der Waals surface area contributed by atoms with E-state index >= 15 is 0 Å². The fraction of sp³-hybridized carbons (Fsp3) is 0.688. The number of ether oxygens (including phenoxy) is 1. The molecule has 1 fully saturated rings. The van der Waals surface area contributed by atoms with Crippen LogP contribution >= 0.6 is 11.3 Å². The minimum atomic E-state index is 0.0757. The Hall–Kier alpha value is -1.07. The molecule has 5 heteroatoms. The van der Waals surface area contributed by atoms with E-state index in [4.69, 9.17) is 4.74 Å². The van der Waals surface area contributed by atoms with Gasteiger partial charge in [0.05, 0.1) is 6.04 Å². The van der Waals surface area contributed by atoms with Gasteiger partial charge in [0.1, 0.15) is 0 Å². The number of likely N-dealkylation sites (tertiary alicyclic amines) is 1. The second-order valence-electron chi connectivity index (χ2n) is 5.36. The SMILES string of the molecule is CCOCCCNC(=O)N1CCCCC[C@@H]1c1cccs1. The summed E-state index contributed by atoms with van der Waals surface area (Å²) in [4.78, 5) is 15.8. The van der Waals surface area contributed by atoms with Gasteiger partial charge in [-0.25, -0.2) is 4.79 Å². The van der Waals surface area contributed by atoms with Gasteiger partial charge in [-0.2, -0.15) is 0 Å². The molecule has 0 saturated carbocycles. The minimum Gasteiger partial charge on any atom is -0.382 e. The van der Waals surface area contributed by atoms with Crippen molar-refractivity contribution in [3.05, 3.63) is 22.4 Å². The Kier molecular flexibility index (Phi) is 7.03. The lowest BCUT2D eigenvalue weighted by atomic mass is 10.1. The molecule has 0 spiro atoms. The third-order valence-electron chi connectivity index (χ3n) is 3.83. The van der Waals surface area contributed by atoms with E-state index in [1.165, 1.54) is 17.7 Å². The maximum Gasteiger partial charge on any atom is 0.317 e. The number of carbonyl (C=O) groups excluding carboxylic acids is 1. The molecule has 1 aliphatic heterocycles. The number of hydrogen-bond acceptors (Lipinski definition) is 3. The molecule has 4 nitrogen and oxygen atoms in total. The van der Waals surface area contributed by atoms with Gasteiger partial charge >= 0.3 is 6.03 Å². The fourth-order valence-corrected chi connectivity index (χ4v) is 3.62. The summed E-state index contributed by atoms with van der Waals surface area (Å²) < 4.78 is 5.30. The monoisotopic (exact) mass is 310 g/mol. The summed E-state index contributed by atoms with van der Waals surface area (Å²) in [5.41, 5.74) is 0. The molecule has 1 saturated heterocycles. The van der Waals surface area contributed by atoms with Gasteiger partial charge in [-0.05, 0) is 37.6 Å². The van der Waals surface area contributed by atoms with Crippen LogP contribution in [-0.2, 0) is 4.74 Å². The number of nitrogens with zero attached hydrogens (tertiary/aromatic N) is 1. The molecule has 2 heterocycles. The van der Waals surface area contributed by atoms with Crippen LogP contribution < -0.4 is 5.32 Å². The average molecular weight is 310 g/mol. The summed E-state index contributed by atoms with van der Waals surface area (Å²) in [5.74, 6) is 0. The zero-order valence-corrected chi connectivity index (χ0v) is 13.7. The largest absolute Gasteiger partial charge is 0.382 e. The maximum atomic E-state index is 12.5. The average Bonchev–Trinajstić information content (AvgIpc) is 2.91. The lowest BCUT2D eigenvalue weighted by Gasteiger charge is -2.29. The highest BCUT2D eigenvalue weighted by Gasteiger charge is 2.27. The second kappa shape index (κ2) is 9.05. The van der Waals surface area contributed by atoms with Crippen LogP contribution in [0.5, 0.6) is 0 Å². The lowest BCUT2D eigenvalue weighted by Crippen LogP contribution is -2.42. The highest BCUT2D eigenvalue weighted by Crippen LogP contribution is 2.32. The first-order valence-corrected chi connectivity index (χ1v) is 8.86. The Balaban J connectivity index is 1.88. The van der Waals surface area contributed by atoms with Crippen LogP contribution in [0.4, 0.5) is 4.79 Å². The van der Waals surface area contributed by atoms with Gasteiger partial charge in [0.25, 0.3) is 0 Å². The van der Waals surface area contributed by atoms with Gasteiger partial charge in [0.2, 0.25) is 0 Å². The van der Waals surface area contributed by atoms with Gasteiger partial charge in [-0.15, -0.1) is 11.3 Å². The van der Waals surface area contributed by atoms with Crippen molar-refractivity contribution < 1.29 is 9.53 Å². The minimum absolute atomic E-state index is 0.0757. The highest BCUT2D eigenvalue weighted by atomic mass is 32.1. The predicted octanol–water partition coefficient (Wildman–Crippen LogP) is 3.80. The van der Waals surface area contributed by atoms with Crippen LogP contribution in [0, 0.1) is 0 Å². The number of urea groups is 1. The number of hydrogen-bond donors (Lipinski definition) is 1. The molecular formula is C16H26N2O2S. The second-order valence-corrected chi connectivity index (χ2v) is 6.34. The number of rotatable bonds is 6. The molecule has 2 rings (SSSR count). The van der Waals surface area contributed by atoms with E-state index in [-0.39, 0.29) is 12.1 Å². The van der Waals surface area contributed by atoms with E-state index in [0.717, 1.165) is 32.4 Å². The molecule has 1 atom stereocenters. The molecule has 0 aromatic carbocycles. The Bertz CT molecular complexity index is 408. The van der Waals surface area contributed by atoms with Gasteiger partial charge in [-0.1, -0.05) is 18.9 Å². The van der Waals surface area contributed by atoms with E-state index in [9.17, 15) is 4.79 Å². The van der Waals surface area contributed by atoms with E-state index in [0.29, 0.717) is 13.2 Å². The van der Waals surface area contributed by atoms with Gasteiger partial charge < -0.3 is 15.0 Å². The standard InChI is InChI=1S/C16H26N2O2S/c1-2-20-12-7-10-17-16(19)18-11-5-3-4-8-14(18)15-9-6-13-21-15/h6,9,13-14H,2-5,7-8,10-12H2,1H3,(H,17,19)/t14-/m1/s1. The smallest absolute Gasteiger partial charge is 0.317 e. The summed E-state index contributed by atoms with van der Waals surface area (Å²) in [5, 5.41) is 5.14. The van der Waals surface area contributed by atoms with Gasteiger partial charge in [-0.3, -0.25) is 0 Å². The Morgan fingerprint density at radius 2 is 2.38 bits per heavy atom. The molecule has 0 radical (unpaired) electrons. The van der Waals surface area contributed by atoms with Crippen molar-refractivity contribution in [3.8, 4) is 0 Å². The third-order valence-corrected chi connectivity index (χ3v) is 4.80. The van der Waals surface area contributed by atoms with Crippen molar-refractivity contribution in [2.45, 2.75) is 45.1 Å². The summed E-state index contributed by atoms with van der Waals surface area (Å²) in [6.07, 6.45) is 5.48. The summed E-state index contributed by atoms with van der Waals surface area (Å²) in [6, 6.07) is 4.55. The van der Waals surface area contributed by atoms with Crippen molar-refractivity contribution in [1.82, 2.24) is 10.2 Å². The maximum absolute atomic E-state index is 12.5. The Labute approximate surface area is 131 Å². The number of thiophene rings is 1. The van der Waals surface area contributed by atoms with Gasteiger partial charge in [0.15, 0.2) is 0 Å². The third kappa shape index (κ3) is 5.00. The van der Waals surface area contributed by atoms with Crippen LogP contribution in [0.1, 0.15) is 49.9 Å². The number of carbonyl (C=O) groups is 1. The lowest BCUT2D eigenvalue weighted by molar-refractivity contribution is 0.142. The molecule has 21 heavy (non-hydrogen) atoms. The quantitative estimate of drug-likeness (QED) is 0.812. The summed E-state index contributed by atoms with van der Waals surface area (Å²) in [7, 11) is 0. The van der Waals surface area contributed by atoms with E-state index in [1.807, 2.05) is 11.8 Å². The van der Waals surface area contributed by atoms with Crippen LogP contribution in [0.2, 0.25) is 0 Å². The van der Waals surface area contributed by atoms with Crippen LogP contribution in [0.3, 0.4) is 0 Å². The van der Waals surface area contributed by atoms with Crippen molar-refractivity contribution in [2.75, 3.05) is 26.3 Å². The Morgan fingerprint density at radius 3 is 3.14 bits per heavy atom. The molecule has 0 bridgehead atoms. The molecule has 1 aromatic heterocycles. The summed E-state index contributed by atoms with van der Waals surface area (Å²) in [6.45, 7) is 4.99. The molecular weight excluding hydrogens is 284 g/mol. The van der Waals surface area contributed by atoms with E-state index < -0.39 is 0 Å². The first kappa shape index (κ1) is 16.3. The molecule has 2 amide bonds. The number of nitrogens with one attached hydrogen (secondary N) is 1. The van der Waals surface area contributed by atoms with Crippen molar-refractivity contribution >= 4 is 17.4 Å². The molecule has 0 aliphatic carbocycles. The van der Waals surface area contributed by atoms with Crippen LogP contribution in [0.25, 0.3) is 0 Å². The summed E-state index contributed by atoms with van der Waals surface area (Å²) >= 11 is 1.75. The zero-order valence-electron chi connectivity index (χ0n) is 12.8. The topological polar surface area (TPSA) is 41.6 Å². The first-order chi connectivity index (χ1) is 10.3. The van der Waals surface area contributed by atoms with Crippen molar-refractivity contribution in [1.29, 1.82) is 0 Å². The fourth-order valence-electron chi connectivity index (χ4n) is 2.74. The molecule has 0 unspecified atom stereocenters. The van der Waals surface area contributed by atoms with Crippen LogP contribution in [0.15, 0.2) is 17.5 Å². The molecule has 1 aliphatic rings. The highest BCUT2D eigenvalue weighted by molar-refractivity contribution is 7.10. The molecule has 118 valence electrons. The normalized spacial score (nSPS) is 19.3. The van der Waals surface area contributed by atoms with E-state index in [1.54, 1.807) is 11.3 Å². The van der Waals surface area contributed by atoms with Crippen molar-refractivity contribution in [3.63, 3.8) is 0 Å². The number of amides is 2. The van der Waals surface area contributed by atoms with Crippen molar-refractivity contribution in [2.24, 2.45) is 0 Å². The first-order valence-electron chi connectivity index (χ1n) is 7.98. The van der Waals surface area contributed by atoms with Crippen LogP contribution in [-0.4, -0.2) is 37.2 Å². The Morgan fingerprint density at radius 1 is 1.48 bits per heavy atom.